The number of carbonyl (C=O) groups excluding carboxylic acids is 1. The third kappa shape index (κ3) is 3.44. The SMILES string of the molecule is CCOc1ccc(C(=O)Cn2cnc3cc([N+](=O)[O-])ccc3c2=O)cc1. The monoisotopic (exact) mass is 353 g/mol. The number of aromatic nitrogens is 2. The van der Waals surface area contributed by atoms with Gasteiger partial charge in [0.1, 0.15) is 5.75 Å². The Kier molecular flexibility index (Phi) is 4.74. The molecule has 0 radical (unpaired) electrons. The first-order valence-electron chi connectivity index (χ1n) is 7.89. The van der Waals surface area contributed by atoms with Gasteiger partial charge in [-0.15, -0.1) is 0 Å². The van der Waals surface area contributed by atoms with Crippen molar-refractivity contribution in [2.24, 2.45) is 0 Å². The Hall–Kier alpha value is -3.55. The lowest BCUT2D eigenvalue weighted by atomic mass is 10.1. The Labute approximate surface area is 147 Å². The first-order chi connectivity index (χ1) is 12.5. The fourth-order valence-corrected chi connectivity index (χ4v) is 2.52. The number of Topliss-reactive ketones (excluding diaryl/α,β-unsaturated/α-hetero) is 1. The highest BCUT2D eigenvalue weighted by molar-refractivity contribution is 5.96. The summed E-state index contributed by atoms with van der Waals surface area (Å²) < 4.78 is 6.52. The predicted molar refractivity (Wildman–Crippen MR) is 94.6 cm³/mol. The Bertz CT molecular complexity index is 1040. The summed E-state index contributed by atoms with van der Waals surface area (Å²) in [6.07, 6.45) is 1.22. The molecule has 8 heteroatoms. The number of rotatable bonds is 6. The van der Waals surface area contributed by atoms with Gasteiger partial charge in [0.2, 0.25) is 0 Å². The van der Waals surface area contributed by atoms with Crippen LogP contribution < -0.4 is 10.3 Å². The van der Waals surface area contributed by atoms with Gasteiger partial charge in [-0.05, 0) is 37.3 Å². The van der Waals surface area contributed by atoms with Crippen LogP contribution in [0, 0.1) is 10.1 Å². The molecule has 0 aliphatic heterocycles. The lowest BCUT2D eigenvalue weighted by molar-refractivity contribution is -0.384. The third-order valence-electron chi connectivity index (χ3n) is 3.82. The zero-order valence-corrected chi connectivity index (χ0v) is 13.9. The number of fused-ring (bicyclic) bond motifs is 1. The maximum atomic E-state index is 12.5. The van der Waals surface area contributed by atoms with Gasteiger partial charge in [-0.1, -0.05) is 0 Å². The van der Waals surface area contributed by atoms with Gasteiger partial charge in [0.15, 0.2) is 5.78 Å². The van der Waals surface area contributed by atoms with Crippen molar-refractivity contribution in [3.8, 4) is 5.75 Å². The van der Waals surface area contributed by atoms with E-state index in [1.807, 2.05) is 6.92 Å². The number of benzene rings is 2. The quantitative estimate of drug-likeness (QED) is 0.383. The minimum atomic E-state index is -0.553. The molecule has 0 bridgehead atoms. The highest BCUT2D eigenvalue weighted by atomic mass is 16.6. The molecule has 0 fully saturated rings. The van der Waals surface area contributed by atoms with Crippen molar-refractivity contribution in [1.29, 1.82) is 0 Å². The molecule has 0 unspecified atom stereocenters. The summed E-state index contributed by atoms with van der Waals surface area (Å²) in [4.78, 5) is 39.2. The number of ether oxygens (including phenoxy) is 1. The number of non-ortho nitro benzene ring substituents is 1. The molecule has 3 aromatic rings. The Morgan fingerprint density at radius 1 is 1.23 bits per heavy atom. The number of nitro benzene ring substituents is 1. The summed E-state index contributed by atoms with van der Waals surface area (Å²) in [5, 5.41) is 11.0. The lowest BCUT2D eigenvalue weighted by Crippen LogP contribution is -2.24. The molecule has 0 saturated carbocycles. The second kappa shape index (κ2) is 7.14. The van der Waals surface area contributed by atoms with Crippen LogP contribution in [0.2, 0.25) is 0 Å². The Morgan fingerprint density at radius 3 is 2.62 bits per heavy atom. The van der Waals surface area contributed by atoms with Crippen molar-refractivity contribution in [3.05, 3.63) is 74.8 Å². The van der Waals surface area contributed by atoms with E-state index < -0.39 is 10.5 Å². The number of hydrogen-bond donors (Lipinski definition) is 0. The fraction of sp³-hybridized carbons (Fsp3) is 0.167. The van der Waals surface area contributed by atoms with Gasteiger partial charge in [-0.25, -0.2) is 4.98 Å². The van der Waals surface area contributed by atoms with Crippen LogP contribution in [-0.4, -0.2) is 26.9 Å². The molecule has 1 aromatic heterocycles. The molecule has 0 spiro atoms. The molecule has 3 rings (SSSR count). The topological polar surface area (TPSA) is 104 Å². The van der Waals surface area contributed by atoms with Crippen molar-refractivity contribution in [2.45, 2.75) is 13.5 Å². The standard InChI is InChI=1S/C18H15N3O5/c1-2-26-14-6-3-12(4-7-14)17(22)10-20-11-19-16-9-13(21(24)25)5-8-15(16)18(20)23/h3-9,11H,2,10H2,1H3. The molecule has 2 aromatic carbocycles. The van der Waals surface area contributed by atoms with Crippen LogP contribution in [0.5, 0.6) is 5.75 Å². The zero-order valence-electron chi connectivity index (χ0n) is 13.9. The molecular weight excluding hydrogens is 338 g/mol. The number of nitrogens with zero attached hydrogens (tertiary/aromatic N) is 3. The number of carbonyl (C=O) groups is 1. The van der Waals surface area contributed by atoms with E-state index >= 15 is 0 Å². The second-order valence-corrected chi connectivity index (χ2v) is 5.52. The summed E-state index contributed by atoms with van der Waals surface area (Å²) >= 11 is 0. The zero-order chi connectivity index (χ0) is 18.7. The average molecular weight is 353 g/mol. The Morgan fingerprint density at radius 2 is 1.96 bits per heavy atom. The van der Waals surface area contributed by atoms with Crippen molar-refractivity contribution >= 4 is 22.4 Å². The van der Waals surface area contributed by atoms with Crippen LogP contribution in [0.1, 0.15) is 17.3 Å². The summed E-state index contributed by atoms with van der Waals surface area (Å²) in [5.41, 5.74) is 0.0925. The van der Waals surface area contributed by atoms with Gasteiger partial charge in [0.25, 0.3) is 11.2 Å². The van der Waals surface area contributed by atoms with Crippen LogP contribution in [0.4, 0.5) is 5.69 Å². The first-order valence-corrected chi connectivity index (χ1v) is 7.89. The van der Waals surface area contributed by atoms with Gasteiger partial charge < -0.3 is 4.74 Å². The molecule has 0 N–H and O–H groups in total. The molecular formula is C18H15N3O5. The van der Waals surface area contributed by atoms with Crippen LogP contribution in [0.15, 0.2) is 53.6 Å². The maximum absolute atomic E-state index is 12.5. The molecule has 8 nitrogen and oxygen atoms in total. The molecule has 0 saturated heterocycles. The van der Waals surface area contributed by atoms with E-state index in [9.17, 15) is 19.7 Å². The van der Waals surface area contributed by atoms with Gasteiger partial charge in [0, 0.05) is 17.7 Å². The summed E-state index contributed by atoms with van der Waals surface area (Å²) in [7, 11) is 0. The first kappa shape index (κ1) is 17.3. The second-order valence-electron chi connectivity index (χ2n) is 5.52. The number of hydrogen-bond acceptors (Lipinski definition) is 6. The van der Waals surface area contributed by atoms with E-state index in [2.05, 4.69) is 4.98 Å². The summed E-state index contributed by atoms with van der Waals surface area (Å²) in [6, 6.07) is 10.5. The van der Waals surface area contributed by atoms with Crippen LogP contribution >= 0.6 is 0 Å². The smallest absolute Gasteiger partial charge is 0.271 e. The molecule has 0 amide bonds. The molecule has 1 heterocycles. The molecule has 0 aliphatic rings. The Balaban J connectivity index is 1.87. The van der Waals surface area contributed by atoms with Gasteiger partial charge in [0.05, 0.1) is 35.3 Å². The van der Waals surface area contributed by atoms with Gasteiger partial charge in [-0.3, -0.25) is 24.3 Å². The lowest BCUT2D eigenvalue weighted by Gasteiger charge is -2.07. The number of ketones is 1. The fourth-order valence-electron chi connectivity index (χ4n) is 2.52. The van der Waals surface area contributed by atoms with Gasteiger partial charge >= 0.3 is 0 Å². The summed E-state index contributed by atoms with van der Waals surface area (Å²) in [6.45, 7) is 2.23. The molecule has 26 heavy (non-hydrogen) atoms. The average Bonchev–Trinajstić information content (AvgIpc) is 2.64. The maximum Gasteiger partial charge on any atom is 0.271 e. The van der Waals surface area contributed by atoms with Crippen molar-refractivity contribution in [2.75, 3.05) is 6.61 Å². The highest BCUT2D eigenvalue weighted by Crippen LogP contribution is 2.17. The minimum absolute atomic E-state index is 0.146. The third-order valence-corrected chi connectivity index (χ3v) is 3.82. The van der Waals surface area contributed by atoms with E-state index in [4.69, 9.17) is 4.74 Å². The molecule has 0 atom stereocenters. The largest absolute Gasteiger partial charge is 0.494 e. The van der Waals surface area contributed by atoms with E-state index in [0.717, 1.165) is 0 Å². The molecule has 132 valence electrons. The van der Waals surface area contributed by atoms with E-state index in [1.54, 1.807) is 24.3 Å². The molecule has 0 aliphatic carbocycles. The van der Waals surface area contributed by atoms with E-state index in [1.165, 1.54) is 29.1 Å². The number of nitro groups is 1. The van der Waals surface area contributed by atoms with E-state index in [0.29, 0.717) is 17.9 Å². The normalized spacial score (nSPS) is 10.7. The van der Waals surface area contributed by atoms with Crippen molar-refractivity contribution in [1.82, 2.24) is 9.55 Å². The van der Waals surface area contributed by atoms with Crippen molar-refractivity contribution < 1.29 is 14.5 Å². The van der Waals surface area contributed by atoms with Crippen molar-refractivity contribution in [3.63, 3.8) is 0 Å². The predicted octanol–water partition coefficient (Wildman–Crippen LogP) is 2.59. The van der Waals surface area contributed by atoms with E-state index in [-0.39, 0.29) is 28.9 Å². The van der Waals surface area contributed by atoms with Crippen LogP contribution in [0.25, 0.3) is 10.9 Å². The highest BCUT2D eigenvalue weighted by Gasteiger charge is 2.13. The van der Waals surface area contributed by atoms with Gasteiger partial charge in [-0.2, -0.15) is 0 Å². The van der Waals surface area contributed by atoms with Crippen LogP contribution in [-0.2, 0) is 6.54 Å². The van der Waals surface area contributed by atoms with Crippen LogP contribution in [0.3, 0.4) is 0 Å². The summed E-state index contributed by atoms with van der Waals surface area (Å²) in [5.74, 6) is 0.411. The minimum Gasteiger partial charge on any atom is -0.494 e.